The molecule has 0 aliphatic carbocycles. The number of carbonyl (C=O) groups is 1. The van der Waals surface area contributed by atoms with E-state index < -0.39 is 0 Å². The van der Waals surface area contributed by atoms with Gasteiger partial charge in [-0.1, -0.05) is 30.3 Å². The molecule has 3 rings (SSSR count). The third-order valence-electron chi connectivity index (χ3n) is 3.65. The maximum Gasteiger partial charge on any atom is 0.357 e. The highest BCUT2D eigenvalue weighted by molar-refractivity contribution is 5.88. The second-order valence-corrected chi connectivity index (χ2v) is 5.57. The first kappa shape index (κ1) is 16.8. The van der Waals surface area contributed by atoms with Gasteiger partial charge in [-0.2, -0.15) is 5.10 Å². The third kappa shape index (κ3) is 4.07. The van der Waals surface area contributed by atoms with E-state index in [2.05, 4.69) is 5.10 Å². The van der Waals surface area contributed by atoms with Gasteiger partial charge in [0.1, 0.15) is 12.4 Å². The summed E-state index contributed by atoms with van der Waals surface area (Å²) in [6.07, 6.45) is 0. The molecular weight excluding hydrogens is 316 g/mol. The van der Waals surface area contributed by atoms with Gasteiger partial charge >= 0.3 is 5.97 Å². The van der Waals surface area contributed by atoms with Gasteiger partial charge in [0.15, 0.2) is 5.69 Å². The van der Waals surface area contributed by atoms with Crippen LogP contribution >= 0.6 is 0 Å². The molecule has 0 atom stereocenters. The van der Waals surface area contributed by atoms with Gasteiger partial charge in [0.2, 0.25) is 0 Å². The van der Waals surface area contributed by atoms with Crippen LogP contribution in [0.2, 0.25) is 0 Å². The van der Waals surface area contributed by atoms with Crippen LogP contribution in [0.25, 0.3) is 5.69 Å². The largest absolute Gasteiger partial charge is 0.489 e. The Morgan fingerprint density at radius 2 is 1.80 bits per heavy atom. The van der Waals surface area contributed by atoms with Crippen molar-refractivity contribution in [1.82, 2.24) is 9.78 Å². The van der Waals surface area contributed by atoms with Crippen molar-refractivity contribution in [3.05, 3.63) is 77.6 Å². The van der Waals surface area contributed by atoms with Crippen LogP contribution < -0.4 is 4.74 Å². The molecule has 0 spiro atoms. The number of hydrogen-bond acceptors (Lipinski definition) is 4. The van der Waals surface area contributed by atoms with E-state index in [1.165, 1.54) is 0 Å². The van der Waals surface area contributed by atoms with Crippen LogP contribution in [0.3, 0.4) is 0 Å². The Morgan fingerprint density at radius 1 is 1.08 bits per heavy atom. The van der Waals surface area contributed by atoms with Crippen molar-refractivity contribution in [2.24, 2.45) is 0 Å². The summed E-state index contributed by atoms with van der Waals surface area (Å²) < 4.78 is 12.4. The van der Waals surface area contributed by atoms with Gasteiger partial charge in [0, 0.05) is 0 Å². The summed E-state index contributed by atoms with van der Waals surface area (Å²) in [6.45, 7) is 4.44. The number of benzene rings is 2. The highest BCUT2D eigenvalue weighted by atomic mass is 16.5. The molecule has 0 fully saturated rings. The van der Waals surface area contributed by atoms with Gasteiger partial charge in [-0.05, 0) is 49.7 Å². The number of rotatable bonds is 6. The number of hydrogen-bond donors (Lipinski definition) is 0. The third-order valence-corrected chi connectivity index (χ3v) is 3.65. The molecule has 0 aliphatic heterocycles. The summed E-state index contributed by atoms with van der Waals surface area (Å²) in [5.41, 5.74) is 3.03. The highest BCUT2D eigenvalue weighted by Gasteiger charge is 2.16. The molecule has 2 aromatic carbocycles. The number of aryl methyl sites for hydroxylation is 1. The summed E-state index contributed by atoms with van der Waals surface area (Å²) in [5, 5.41) is 4.39. The van der Waals surface area contributed by atoms with E-state index in [0.717, 1.165) is 22.7 Å². The normalized spacial score (nSPS) is 10.5. The minimum absolute atomic E-state index is 0.332. The van der Waals surface area contributed by atoms with Crippen LogP contribution in [0.15, 0.2) is 60.7 Å². The average molecular weight is 336 g/mol. The van der Waals surface area contributed by atoms with Gasteiger partial charge in [-0.15, -0.1) is 0 Å². The van der Waals surface area contributed by atoms with Crippen LogP contribution in [0.1, 0.15) is 28.7 Å². The van der Waals surface area contributed by atoms with Crippen molar-refractivity contribution < 1.29 is 14.3 Å². The van der Waals surface area contributed by atoms with Gasteiger partial charge in [-0.3, -0.25) is 0 Å². The molecule has 3 aromatic rings. The monoisotopic (exact) mass is 336 g/mol. The molecule has 5 heteroatoms. The lowest BCUT2D eigenvalue weighted by Gasteiger charge is -2.09. The Labute approximate surface area is 146 Å². The number of aromatic nitrogens is 2. The number of ether oxygens (including phenoxy) is 2. The standard InChI is InChI=1S/C20H20N2O3/c1-3-24-20(23)19-13-15(2)21-22(19)17-11-9-16(10-12-17)14-25-18-7-5-4-6-8-18/h4-13H,3,14H2,1-2H3. The summed E-state index contributed by atoms with van der Waals surface area (Å²) in [4.78, 5) is 12.1. The van der Waals surface area contributed by atoms with Crippen LogP contribution in [0.4, 0.5) is 0 Å². The molecule has 1 heterocycles. The second-order valence-electron chi connectivity index (χ2n) is 5.57. The van der Waals surface area contributed by atoms with Crippen molar-refractivity contribution in [3.8, 4) is 11.4 Å². The maximum absolute atomic E-state index is 12.1. The first-order valence-electron chi connectivity index (χ1n) is 8.18. The number of nitrogens with zero attached hydrogens (tertiary/aromatic N) is 2. The molecular formula is C20H20N2O3. The van der Waals surface area contributed by atoms with Gasteiger partial charge in [0.05, 0.1) is 18.0 Å². The van der Waals surface area contributed by atoms with Crippen LogP contribution in [0, 0.1) is 6.92 Å². The minimum Gasteiger partial charge on any atom is -0.489 e. The fourth-order valence-corrected chi connectivity index (χ4v) is 2.46. The fourth-order valence-electron chi connectivity index (χ4n) is 2.46. The molecule has 0 aliphatic rings. The molecule has 128 valence electrons. The van der Waals surface area contributed by atoms with Crippen molar-refractivity contribution in [2.75, 3.05) is 6.61 Å². The summed E-state index contributed by atoms with van der Waals surface area (Å²) in [6, 6.07) is 19.2. The van der Waals surface area contributed by atoms with Gasteiger partial charge in [0.25, 0.3) is 0 Å². The molecule has 25 heavy (non-hydrogen) atoms. The Morgan fingerprint density at radius 3 is 2.48 bits per heavy atom. The zero-order chi connectivity index (χ0) is 17.6. The van der Waals surface area contributed by atoms with Crippen molar-refractivity contribution in [1.29, 1.82) is 0 Å². The van der Waals surface area contributed by atoms with E-state index in [-0.39, 0.29) is 5.97 Å². The van der Waals surface area contributed by atoms with E-state index in [0.29, 0.717) is 18.9 Å². The Hall–Kier alpha value is -3.08. The van der Waals surface area contributed by atoms with E-state index in [4.69, 9.17) is 9.47 Å². The number of para-hydroxylation sites is 1. The molecule has 0 saturated carbocycles. The predicted octanol–water partition coefficient (Wildman–Crippen LogP) is 3.94. The SMILES string of the molecule is CCOC(=O)c1cc(C)nn1-c1ccc(COc2ccccc2)cc1. The summed E-state index contributed by atoms with van der Waals surface area (Å²) in [5.74, 6) is 0.457. The Kier molecular flexibility index (Phi) is 5.14. The molecule has 5 nitrogen and oxygen atoms in total. The average Bonchev–Trinajstić information content (AvgIpc) is 3.03. The lowest BCUT2D eigenvalue weighted by Crippen LogP contribution is -2.12. The van der Waals surface area contributed by atoms with Crippen molar-refractivity contribution >= 4 is 5.97 Å². The zero-order valence-electron chi connectivity index (χ0n) is 14.3. The summed E-state index contributed by atoms with van der Waals surface area (Å²) in [7, 11) is 0. The molecule has 1 aromatic heterocycles. The molecule has 0 amide bonds. The minimum atomic E-state index is -0.375. The van der Waals surface area contributed by atoms with E-state index in [1.807, 2.05) is 61.5 Å². The predicted molar refractivity (Wildman–Crippen MR) is 95.0 cm³/mol. The second kappa shape index (κ2) is 7.66. The summed E-state index contributed by atoms with van der Waals surface area (Å²) >= 11 is 0. The van der Waals surface area contributed by atoms with Crippen LogP contribution in [-0.4, -0.2) is 22.4 Å². The van der Waals surface area contributed by atoms with E-state index in [9.17, 15) is 4.79 Å². The molecule has 0 saturated heterocycles. The molecule has 0 radical (unpaired) electrons. The van der Waals surface area contributed by atoms with Crippen molar-refractivity contribution in [3.63, 3.8) is 0 Å². The topological polar surface area (TPSA) is 53.3 Å². The number of esters is 1. The van der Waals surface area contributed by atoms with Crippen LogP contribution in [0.5, 0.6) is 5.75 Å². The lowest BCUT2D eigenvalue weighted by molar-refractivity contribution is 0.0515. The Bertz CT molecular complexity index is 839. The smallest absolute Gasteiger partial charge is 0.357 e. The zero-order valence-corrected chi connectivity index (χ0v) is 14.3. The molecule has 0 N–H and O–H groups in total. The van der Waals surface area contributed by atoms with Gasteiger partial charge < -0.3 is 9.47 Å². The van der Waals surface area contributed by atoms with Crippen molar-refractivity contribution in [2.45, 2.75) is 20.5 Å². The quantitative estimate of drug-likeness (QED) is 0.640. The maximum atomic E-state index is 12.1. The highest BCUT2D eigenvalue weighted by Crippen LogP contribution is 2.16. The van der Waals surface area contributed by atoms with E-state index in [1.54, 1.807) is 17.7 Å². The first-order valence-corrected chi connectivity index (χ1v) is 8.18. The molecule has 0 unspecified atom stereocenters. The van der Waals surface area contributed by atoms with E-state index >= 15 is 0 Å². The molecule has 0 bridgehead atoms. The Balaban J connectivity index is 1.75. The van der Waals surface area contributed by atoms with Crippen LogP contribution in [-0.2, 0) is 11.3 Å². The fraction of sp³-hybridized carbons (Fsp3) is 0.200. The van der Waals surface area contributed by atoms with Gasteiger partial charge in [-0.25, -0.2) is 9.48 Å². The number of carbonyl (C=O) groups excluding carboxylic acids is 1. The lowest BCUT2D eigenvalue weighted by atomic mass is 10.2. The first-order chi connectivity index (χ1) is 12.2.